The Bertz CT molecular complexity index is 2790. The lowest BCUT2D eigenvalue weighted by Gasteiger charge is -2.17. The van der Waals surface area contributed by atoms with Gasteiger partial charge in [0.2, 0.25) is 0 Å². The molecular weight excluding hydrogens is 707 g/mol. The molecule has 9 rings (SSSR count). The second-order valence-corrected chi connectivity index (χ2v) is 14.8. The van der Waals surface area contributed by atoms with Gasteiger partial charge in [-0.25, -0.2) is 15.0 Å². The standard InChI is InChI=1S/C53H43N5/c1-5-36-32-49(48-10-8-7-9-47(48)46(36)6-2)39-23-19-37(20-24-39)43-29-44(38-21-25-40(26-22-38)50-33-54-27-28-55-50)31-45(30-43)53-57-51(41-15-11-34(3)12-16-41)56-52(58-53)42-17-13-35(4)14-18-42/h5-26,29-33,54-55H,1-2,27-28H2,3-4H3. The summed E-state index contributed by atoms with van der Waals surface area (Å²) in [6, 6.07) is 51.7. The van der Waals surface area contributed by atoms with E-state index in [9.17, 15) is 0 Å². The third-order valence-electron chi connectivity index (χ3n) is 10.9. The van der Waals surface area contributed by atoms with E-state index in [-0.39, 0.29) is 0 Å². The van der Waals surface area contributed by atoms with Gasteiger partial charge in [0.25, 0.3) is 0 Å². The molecule has 0 saturated carbocycles. The first kappa shape index (κ1) is 36.3. The number of nitrogens with one attached hydrogen (secondary N) is 2. The van der Waals surface area contributed by atoms with Crippen LogP contribution in [0.3, 0.4) is 0 Å². The number of hydrogen-bond donors (Lipinski definition) is 2. The van der Waals surface area contributed by atoms with Crippen LogP contribution >= 0.6 is 0 Å². The molecule has 0 unspecified atom stereocenters. The Morgan fingerprint density at radius 2 is 0.948 bits per heavy atom. The summed E-state index contributed by atoms with van der Waals surface area (Å²) in [5.74, 6) is 1.89. The van der Waals surface area contributed by atoms with Crippen LogP contribution in [0.5, 0.6) is 0 Å². The average molecular weight is 750 g/mol. The molecule has 0 aliphatic carbocycles. The third-order valence-corrected chi connectivity index (χ3v) is 10.9. The van der Waals surface area contributed by atoms with Crippen LogP contribution in [0.15, 0.2) is 165 Å². The van der Waals surface area contributed by atoms with Crippen LogP contribution in [0.2, 0.25) is 0 Å². The normalized spacial score (nSPS) is 12.3. The van der Waals surface area contributed by atoms with Crippen LogP contribution in [0.1, 0.15) is 27.8 Å². The number of aromatic nitrogens is 3. The van der Waals surface area contributed by atoms with Gasteiger partial charge in [-0.3, -0.25) is 0 Å². The fourth-order valence-electron chi connectivity index (χ4n) is 7.68. The maximum absolute atomic E-state index is 5.14. The molecule has 58 heavy (non-hydrogen) atoms. The predicted octanol–water partition coefficient (Wildman–Crippen LogP) is 12.4. The van der Waals surface area contributed by atoms with Crippen LogP contribution in [-0.4, -0.2) is 28.0 Å². The number of rotatable bonds is 9. The molecular formula is C53H43N5. The minimum Gasteiger partial charge on any atom is -0.387 e. The van der Waals surface area contributed by atoms with Crippen LogP contribution in [0.25, 0.3) is 96.2 Å². The zero-order chi connectivity index (χ0) is 39.6. The summed E-state index contributed by atoms with van der Waals surface area (Å²) in [4.78, 5) is 15.3. The highest BCUT2D eigenvalue weighted by Gasteiger charge is 2.17. The van der Waals surface area contributed by atoms with Gasteiger partial charge >= 0.3 is 0 Å². The van der Waals surface area contributed by atoms with E-state index >= 15 is 0 Å². The van der Waals surface area contributed by atoms with Gasteiger partial charge in [-0.15, -0.1) is 0 Å². The molecule has 5 nitrogen and oxygen atoms in total. The van der Waals surface area contributed by atoms with E-state index < -0.39 is 0 Å². The lowest BCUT2D eigenvalue weighted by atomic mass is 9.90. The number of hydrogen-bond acceptors (Lipinski definition) is 5. The molecule has 5 heteroatoms. The van der Waals surface area contributed by atoms with E-state index in [4.69, 9.17) is 15.0 Å². The maximum Gasteiger partial charge on any atom is 0.164 e. The molecule has 0 bridgehead atoms. The van der Waals surface area contributed by atoms with Gasteiger partial charge in [0.1, 0.15) is 0 Å². The summed E-state index contributed by atoms with van der Waals surface area (Å²) in [5, 5.41) is 9.20. The van der Waals surface area contributed by atoms with E-state index in [0.717, 1.165) is 90.9 Å². The molecule has 1 aliphatic rings. The lowest BCUT2D eigenvalue weighted by Crippen LogP contribution is -2.29. The number of fused-ring (bicyclic) bond motifs is 1. The highest BCUT2D eigenvalue weighted by molar-refractivity contribution is 6.03. The molecule has 0 radical (unpaired) electrons. The summed E-state index contributed by atoms with van der Waals surface area (Å²) >= 11 is 0. The topological polar surface area (TPSA) is 62.7 Å². The van der Waals surface area contributed by atoms with Gasteiger partial charge in [-0.2, -0.15) is 0 Å². The molecule has 0 spiro atoms. The smallest absolute Gasteiger partial charge is 0.164 e. The van der Waals surface area contributed by atoms with Gasteiger partial charge in [-0.1, -0.05) is 158 Å². The lowest BCUT2D eigenvalue weighted by molar-refractivity contribution is 0.739. The van der Waals surface area contributed by atoms with E-state index in [1.165, 1.54) is 16.5 Å². The SMILES string of the molecule is C=Cc1cc(-c2ccc(-c3cc(-c4ccc(C5=CNCCN5)cc4)cc(-c4nc(-c5ccc(C)cc5)nc(-c5ccc(C)cc5)n4)c3)cc2)c2ccccc2c1C=C. The van der Waals surface area contributed by atoms with Crippen molar-refractivity contribution in [1.82, 2.24) is 25.6 Å². The molecule has 7 aromatic carbocycles. The molecule has 1 aliphatic heterocycles. The molecule has 0 fully saturated rings. The number of aryl methyl sites for hydroxylation is 2. The second kappa shape index (κ2) is 15.6. The Morgan fingerprint density at radius 1 is 0.466 bits per heavy atom. The largest absolute Gasteiger partial charge is 0.387 e. The quantitative estimate of drug-likeness (QED) is 0.154. The van der Waals surface area contributed by atoms with Crippen molar-refractivity contribution >= 4 is 28.6 Å². The van der Waals surface area contributed by atoms with Crippen LogP contribution in [0, 0.1) is 13.8 Å². The van der Waals surface area contributed by atoms with Crippen molar-refractivity contribution in [2.24, 2.45) is 0 Å². The summed E-state index contributed by atoms with van der Waals surface area (Å²) in [6.07, 6.45) is 5.88. The van der Waals surface area contributed by atoms with E-state index in [1.54, 1.807) is 0 Å². The van der Waals surface area contributed by atoms with E-state index in [1.807, 2.05) is 18.4 Å². The highest BCUT2D eigenvalue weighted by Crippen LogP contribution is 2.38. The van der Waals surface area contributed by atoms with Crippen molar-refractivity contribution in [3.05, 3.63) is 193 Å². The van der Waals surface area contributed by atoms with Gasteiger partial charge in [0, 0.05) is 36.0 Å². The molecule has 0 amide bonds. The number of nitrogens with zero attached hydrogens (tertiary/aromatic N) is 3. The monoisotopic (exact) mass is 749 g/mol. The first-order valence-electron chi connectivity index (χ1n) is 19.7. The predicted molar refractivity (Wildman–Crippen MR) is 244 cm³/mol. The Morgan fingerprint density at radius 3 is 1.47 bits per heavy atom. The maximum atomic E-state index is 5.14. The van der Waals surface area contributed by atoms with Gasteiger partial charge < -0.3 is 10.6 Å². The Balaban J connectivity index is 1.19. The van der Waals surface area contributed by atoms with Crippen molar-refractivity contribution in [3.63, 3.8) is 0 Å². The Labute approximate surface area is 340 Å². The zero-order valence-electron chi connectivity index (χ0n) is 32.8. The summed E-state index contributed by atoms with van der Waals surface area (Å²) < 4.78 is 0. The molecule has 0 atom stereocenters. The minimum atomic E-state index is 0.617. The summed E-state index contributed by atoms with van der Waals surface area (Å²) in [6.45, 7) is 14.2. The molecule has 2 N–H and O–H groups in total. The van der Waals surface area contributed by atoms with Gasteiger partial charge in [0.15, 0.2) is 17.5 Å². The van der Waals surface area contributed by atoms with E-state index in [0.29, 0.717) is 17.5 Å². The van der Waals surface area contributed by atoms with Crippen LogP contribution in [-0.2, 0) is 0 Å². The molecule has 8 aromatic rings. The van der Waals surface area contributed by atoms with Gasteiger partial charge in [0.05, 0.1) is 5.70 Å². The zero-order valence-corrected chi connectivity index (χ0v) is 32.8. The van der Waals surface area contributed by atoms with Crippen LogP contribution < -0.4 is 10.6 Å². The molecule has 1 aromatic heterocycles. The molecule has 0 saturated heterocycles. The Kier molecular flexibility index (Phi) is 9.78. The van der Waals surface area contributed by atoms with Crippen molar-refractivity contribution in [1.29, 1.82) is 0 Å². The third kappa shape index (κ3) is 7.22. The van der Waals surface area contributed by atoms with E-state index in [2.05, 4.69) is 183 Å². The average Bonchev–Trinajstić information content (AvgIpc) is 3.29. The van der Waals surface area contributed by atoms with Gasteiger partial charge in [-0.05, 0) is 99.0 Å². The van der Waals surface area contributed by atoms with Crippen molar-refractivity contribution in [2.75, 3.05) is 13.1 Å². The van der Waals surface area contributed by atoms with Crippen LogP contribution in [0.4, 0.5) is 0 Å². The fraction of sp³-hybridized carbons (Fsp3) is 0.0755. The second-order valence-electron chi connectivity index (χ2n) is 14.8. The summed E-state index contributed by atoms with van der Waals surface area (Å²) in [5.41, 5.74) is 16.2. The highest BCUT2D eigenvalue weighted by atomic mass is 15.0. The molecule has 280 valence electrons. The first-order chi connectivity index (χ1) is 28.4. The minimum absolute atomic E-state index is 0.617. The molecule has 2 heterocycles. The first-order valence-corrected chi connectivity index (χ1v) is 19.7. The Hall–Kier alpha value is -7.37. The van der Waals surface area contributed by atoms with Crippen molar-refractivity contribution in [3.8, 4) is 67.5 Å². The fourth-order valence-corrected chi connectivity index (χ4v) is 7.68. The van der Waals surface area contributed by atoms with Crippen molar-refractivity contribution in [2.45, 2.75) is 13.8 Å². The number of benzene rings is 7. The van der Waals surface area contributed by atoms with Crippen molar-refractivity contribution < 1.29 is 0 Å². The summed E-state index contributed by atoms with van der Waals surface area (Å²) in [7, 11) is 0.